The molecule has 22 heavy (non-hydrogen) atoms. The van der Waals surface area contributed by atoms with Crippen molar-refractivity contribution in [1.29, 1.82) is 0 Å². The van der Waals surface area contributed by atoms with Gasteiger partial charge in [-0.25, -0.2) is 4.98 Å². The lowest BCUT2D eigenvalue weighted by atomic mass is 10.3. The Kier molecular flexibility index (Phi) is 4.11. The number of aromatic nitrogens is 2. The van der Waals surface area contributed by atoms with Crippen molar-refractivity contribution in [3.05, 3.63) is 57.5 Å². The van der Waals surface area contributed by atoms with Crippen molar-refractivity contribution in [2.75, 3.05) is 11.9 Å². The van der Waals surface area contributed by atoms with Gasteiger partial charge in [-0.1, -0.05) is 12.1 Å². The highest BCUT2D eigenvalue weighted by Crippen LogP contribution is 2.24. The molecule has 6 heteroatoms. The average molecular weight is 315 g/mol. The van der Waals surface area contributed by atoms with Crippen LogP contribution in [0.4, 0.5) is 5.69 Å². The average Bonchev–Trinajstić information content (AvgIpc) is 2.88. The largest absolute Gasteiger partial charge is 0.492 e. The van der Waals surface area contributed by atoms with Crippen molar-refractivity contribution < 1.29 is 4.74 Å². The molecular weight excluding hydrogens is 298 g/mol. The highest BCUT2D eigenvalue weighted by molar-refractivity contribution is 7.15. The third kappa shape index (κ3) is 2.82. The summed E-state index contributed by atoms with van der Waals surface area (Å²) < 4.78 is 7.20. The second-order valence-electron chi connectivity index (χ2n) is 4.86. The van der Waals surface area contributed by atoms with Gasteiger partial charge in [-0.2, -0.15) is 0 Å². The molecule has 0 bridgehead atoms. The van der Waals surface area contributed by atoms with E-state index in [9.17, 15) is 4.79 Å². The summed E-state index contributed by atoms with van der Waals surface area (Å²) in [5, 5.41) is 5.22. The number of hydrogen-bond donors (Lipinski definition) is 1. The maximum atomic E-state index is 12.1. The fraction of sp³-hybridized carbons (Fsp3) is 0.250. The van der Waals surface area contributed by atoms with Crippen LogP contribution in [0.5, 0.6) is 5.75 Å². The minimum atomic E-state index is -0.0429. The third-order valence-corrected chi connectivity index (χ3v) is 4.22. The minimum absolute atomic E-state index is 0.0429. The Labute approximate surface area is 132 Å². The fourth-order valence-electron chi connectivity index (χ4n) is 2.27. The molecule has 2 aromatic heterocycles. The van der Waals surface area contributed by atoms with Crippen LogP contribution in [0.15, 0.2) is 40.5 Å². The van der Waals surface area contributed by atoms with Gasteiger partial charge in [0.15, 0.2) is 4.96 Å². The molecule has 1 N–H and O–H groups in total. The summed E-state index contributed by atoms with van der Waals surface area (Å²) in [6.45, 7) is 4.95. The first-order chi connectivity index (χ1) is 10.7. The second-order valence-corrected chi connectivity index (χ2v) is 5.70. The van der Waals surface area contributed by atoms with E-state index in [0.29, 0.717) is 13.2 Å². The van der Waals surface area contributed by atoms with Crippen molar-refractivity contribution in [2.24, 2.45) is 0 Å². The molecule has 0 unspecified atom stereocenters. The highest BCUT2D eigenvalue weighted by atomic mass is 32.1. The van der Waals surface area contributed by atoms with Crippen LogP contribution in [0.2, 0.25) is 0 Å². The monoisotopic (exact) mass is 315 g/mol. The van der Waals surface area contributed by atoms with Crippen molar-refractivity contribution in [3.63, 3.8) is 0 Å². The van der Waals surface area contributed by atoms with Crippen molar-refractivity contribution in [3.8, 4) is 5.75 Å². The molecule has 0 spiro atoms. The van der Waals surface area contributed by atoms with E-state index >= 15 is 0 Å². The zero-order chi connectivity index (χ0) is 15.5. The van der Waals surface area contributed by atoms with Gasteiger partial charge in [0.25, 0.3) is 5.56 Å². The normalized spacial score (nSPS) is 10.8. The number of fused-ring (bicyclic) bond motifs is 1. The van der Waals surface area contributed by atoms with E-state index in [-0.39, 0.29) is 5.56 Å². The lowest BCUT2D eigenvalue weighted by Crippen LogP contribution is -2.16. The van der Waals surface area contributed by atoms with Crippen LogP contribution in [0.3, 0.4) is 0 Å². The van der Waals surface area contributed by atoms with E-state index in [1.54, 1.807) is 10.5 Å². The Morgan fingerprint density at radius 2 is 2.18 bits per heavy atom. The zero-order valence-corrected chi connectivity index (χ0v) is 13.3. The first-order valence-electron chi connectivity index (χ1n) is 7.11. The van der Waals surface area contributed by atoms with Gasteiger partial charge in [0, 0.05) is 17.1 Å². The number of nitrogens with zero attached hydrogens (tertiary/aromatic N) is 2. The second kappa shape index (κ2) is 6.19. The molecule has 1 aromatic carbocycles. The molecule has 0 aliphatic heterocycles. The van der Waals surface area contributed by atoms with Gasteiger partial charge >= 0.3 is 0 Å². The van der Waals surface area contributed by atoms with Gasteiger partial charge in [-0.05, 0) is 26.0 Å². The molecule has 0 radical (unpaired) electrons. The first kappa shape index (κ1) is 14.6. The molecule has 3 aromatic rings. The van der Waals surface area contributed by atoms with E-state index < -0.39 is 0 Å². The maximum absolute atomic E-state index is 12.1. The van der Waals surface area contributed by atoms with Crippen LogP contribution in [0, 0.1) is 6.92 Å². The molecule has 0 fully saturated rings. The summed E-state index contributed by atoms with van der Waals surface area (Å²) in [6, 6.07) is 9.31. The molecule has 3 rings (SSSR count). The van der Waals surface area contributed by atoms with Crippen LogP contribution in [-0.4, -0.2) is 16.0 Å². The number of hydrogen-bond acceptors (Lipinski definition) is 5. The minimum Gasteiger partial charge on any atom is -0.492 e. The molecule has 0 aliphatic carbocycles. The number of aryl methyl sites for hydroxylation is 1. The van der Waals surface area contributed by atoms with Gasteiger partial charge in [0.2, 0.25) is 0 Å². The Morgan fingerprint density at radius 3 is 3.00 bits per heavy atom. The van der Waals surface area contributed by atoms with E-state index in [0.717, 1.165) is 27.8 Å². The molecular formula is C16H17N3O2S. The Morgan fingerprint density at radius 1 is 1.36 bits per heavy atom. The Balaban J connectivity index is 1.84. The number of rotatable bonds is 5. The highest BCUT2D eigenvalue weighted by Gasteiger charge is 2.07. The molecule has 0 saturated carbocycles. The predicted molar refractivity (Wildman–Crippen MR) is 89.0 cm³/mol. The summed E-state index contributed by atoms with van der Waals surface area (Å²) in [4.78, 5) is 17.4. The predicted octanol–water partition coefficient (Wildman–Crippen LogP) is 3.08. The van der Waals surface area contributed by atoms with Gasteiger partial charge in [0.1, 0.15) is 5.75 Å². The van der Waals surface area contributed by atoms with Crippen LogP contribution >= 0.6 is 11.3 Å². The number of thiazole rings is 1. The number of para-hydroxylation sites is 2. The van der Waals surface area contributed by atoms with Crippen LogP contribution < -0.4 is 15.6 Å². The van der Waals surface area contributed by atoms with E-state index in [4.69, 9.17) is 4.74 Å². The summed E-state index contributed by atoms with van der Waals surface area (Å²) in [5.74, 6) is 0.801. The molecule has 0 amide bonds. The first-order valence-corrected chi connectivity index (χ1v) is 7.99. The molecule has 2 heterocycles. The quantitative estimate of drug-likeness (QED) is 0.786. The van der Waals surface area contributed by atoms with Crippen molar-refractivity contribution >= 4 is 22.0 Å². The van der Waals surface area contributed by atoms with E-state index in [2.05, 4.69) is 10.3 Å². The molecule has 5 nitrogen and oxygen atoms in total. The molecule has 0 aliphatic rings. The van der Waals surface area contributed by atoms with Crippen molar-refractivity contribution in [1.82, 2.24) is 9.38 Å². The lowest BCUT2D eigenvalue weighted by Gasteiger charge is -2.11. The van der Waals surface area contributed by atoms with Gasteiger partial charge in [0.05, 0.1) is 24.5 Å². The van der Waals surface area contributed by atoms with Gasteiger partial charge < -0.3 is 10.1 Å². The zero-order valence-electron chi connectivity index (χ0n) is 12.5. The van der Waals surface area contributed by atoms with Crippen LogP contribution in [0.1, 0.15) is 18.3 Å². The topological polar surface area (TPSA) is 55.6 Å². The van der Waals surface area contributed by atoms with E-state index in [1.165, 1.54) is 11.3 Å². The Bertz CT molecular complexity index is 854. The maximum Gasteiger partial charge on any atom is 0.259 e. The SMILES string of the molecule is CCOc1ccccc1NCc1cc(=O)n2c(C)csc2n1. The van der Waals surface area contributed by atoms with Gasteiger partial charge in [-0.15, -0.1) is 11.3 Å². The third-order valence-electron chi connectivity index (χ3n) is 3.28. The summed E-state index contributed by atoms with van der Waals surface area (Å²) in [7, 11) is 0. The smallest absolute Gasteiger partial charge is 0.259 e. The number of benzene rings is 1. The fourth-order valence-corrected chi connectivity index (χ4v) is 3.16. The molecule has 0 atom stereocenters. The van der Waals surface area contributed by atoms with Crippen LogP contribution in [-0.2, 0) is 6.54 Å². The Hall–Kier alpha value is -2.34. The van der Waals surface area contributed by atoms with E-state index in [1.807, 2.05) is 43.5 Å². The standard InChI is InChI=1S/C16H17N3O2S/c1-3-21-14-7-5-4-6-13(14)17-9-12-8-15(20)19-11(2)10-22-16(19)18-12/h4-8,10,17H,3,9H2,1-2H3. The summed E-state index contributed by atoms with van der Waals surface area (Å²) >= 11 is 1.47. The van der Waals surface area contributed by atoms with Gasteiger partial charge in [-0.3, -0.25) is 9.20 Å². The number of nitrogens with one attached hydrogen (secondary N) is 1. The summed E-state index contributed by atoms with van der Waals surface area (Å²) in [5.41, 5.74) is 2.49. The number of anilines is 1. The summed E-state index contributed by atoms with van der Waals surface area (Å²) in [6.07, 6.45) is 0. The molecule has 0 saturated heterocycles. The van der Waals surface area contributed by atoms with Crippen molar-refractivity contribution in [2.45, 2.75) is 20.4 Å². The number of ether oxygens (including phenoxy) is 1. The molecule has 114 valence electrons. The van der Waals surface area contributed by atoms with Crippen LogP contribution in [0.25, 0.3) is 4.96 Å². The lowest BCUT2D eigenvalue weighted by molar-refractivity contribution is 0.341.